The number of hydrogen-bond donors (Lipinski definition) is 0. The maximum Gasteiger partial charge on any atom is 0.358 e. The van der Waals surface area contributed by atoms with Crippen LogP contribution in [0.1, 0.15) is 136 Å². The first-order valence-electron chi connectivity index (χ1n) is 12.1. The summed E-state index contributed by atoms with van der Waals surface area (Å²) in [6.45, 7) is 6.31. The molecule has 0 rings (SSSR count). The molecular weight excluding hydrogens is 352 g/mol. The molecule has 0 radical (unpaired) electrons. The molecular formula is C24H46O4. The second kappa shape index (κ2) is 20.7. The van der Waals surface area contributed by atoms with Gasteiger partial charge in [-0.05, 0) is 19.3 Å². The smallest absolute Gasteiger partial charge is 0.247 e. The predicted octanol–water partition coefficient (Wildman–Crippen LogP) is 7.69. The molecule has 0 aliphatic carbocycles. The summed E-state index contributed by atoms with van der Waals surface area (Å²) in [7, 11) is 0. The summed E-state index contributed by atoms with van der Waals surface area (Å²) in [5.41, 5.74) is 0. The maximum atomic E-state index is 11.9. The van der Waals surface area contributed by atoms with E-state index >= 15 is 0 Å². The summed E-state index contributed by atoms with van der Waals surface area (Å²) in [4.78, 5) is 33.0. The van der Waals surface area contributed by atoms with E-state index < -0.39 is 11.9 Å². The molecule has 0 aromatic heterocycles. The minimum Gasteiger partial charge on any atom is -0.247 e. The highest BCUT2D eigenvalue weighted by atomic mass is 17.2. The predicted molar refractivity (Wildman–Crippen MR) is 116 cm³/mol. The SMILES string of the molecule is CCCCCCCCCCCCCCCC(=O)OOC(=O)C(CC)CCCC. The lowest BCUT2D eigenvalue weighted by Crippen LogP contribution is -2.19. The Hall–Kier alpha value is -1.06. The average molecular weight is 399 g/mol. The summed E-state index contributed by atoms with van der Waals surface area (Å²) in [6.07, 6.45) is 20.4. The van der Waals surface area contributed by atoms with E-state index in [1.54, 1.807) is 0 Å². The number of carbonyl (C=O) groups excluding carboxylic acids is 2. The number of hydrogen-bond acceptors (Lipinski definition) is 4. The van der Waals surface area contributed by atoms with Crippen molar-refractivity contribution in [2.45, 2.75) is 136 Å². The molecule has 0 N–H and O–H groups in total. The van der Waals surface area contributed by atoms with Crippen LogP contribution in [0.4, 0.5) is 0 Å². The van der Waals surface area contributed by atoms with Crippen LogP contribution in [-0.4, -0.2) is 11.9 Å². The van der Waals surface area contributed by atoms with E-state index in [0.29, 0.717) is 6.42 Å². The fraction of sp³-hybridized carbons (Fsp3) is 0.917. The van der Waals surface area contributed by atoms with Crippen LogP contribution in [0.5, 0.6) is 0 Å². The van der Waals surface area contributed by atoms with Gasteiger partial charge >= 0.3 is 11.9 Å². The molecule has 0 aliphatic heterocycles. The van der Waals surface area contributed by atoms with Crippen molar-refractivity contribution in [1.29, 1.82) is 0 Å². The highest BCUT2D eigenvalue weighted by Crippen LogP contribution is 2.15. The van der Waals surface area contributed by atoms with Crippen molar-refractivity contribution in [1.82, 2.24) is 0 Å². The van der Waals surface area contributed by atoms with Gasteiger partial charge in [-0.15, -0.1) is 0 Å². The second-order valence-corrected chi connectivity index (χ2v) is 8.10. The maximum absolute atomic E-state index is 11.9. The minimum absolute atomic E-state index is 0.163. The molecule has 4 heteroatoms. The van der Waals surface area contributed by atoms with Gasteiger partial charge in [-0.2, -0.15) is 0 Å². The highest BCUT2D eigenvalue weighted by Gasteiger charge is 2.20. The number of rotatable bonds is 19. The van der Waals surface area contributed by atoms with Gasteiger partial charge in [0.1, 0.15) is 0 Å². The largest absolute Gasteiger partial charge is 0.358 e. The van der Waals surface area contributed by atoms with Crippen LogP contribution >= 0.6 is 0 Å². The van der Waals surface area contributed by atoms with Crippen LogP contribution in [0.25, 0.3) is 0 Å². The summed E-state index contributed by atoms with van der Waals surface area (Å²) in [5.74, 6) is -1.000. The third-order valence-corrected chi connectivity index (χ3v) is 5.43. The Labute approximate surface area is 174 Å². The topological polar surface area (TPSA) is 52.6 Å². The van der Waals surface area contributed by atoms with Crippen LogP contribution in [0.2, 0.25) is 0 Å². The molecule has 166 valence electrons. The quantitative estimate of drug-likeness (QED) is 0.127. The first-order valence-corrected chi connectivity index (χ1v) is 12.1. The molecule has 0 fully saturated rings. The van der Waals surface area contributed by atoms with Gasteiger partial charge in [0.25, 0.3) is 0 Å². The molecule has 0 spiro atoms. The van der Waals surface area contributed by atoms with Crippen molar-refractivity contribution in [2.75, 3.05) is 0 Å². The van der Waals surface area contributed by atoms with Crippen LogP contribution in [0.3, 0.4) is 0 Å². The Kier molecular flexibility index (Phi) is 19.9. The molecule has 0 heterocycles. The Morgan fingerprint density at radius 2 is 1.07 bits per heavy atom. The molecule has 0 bridgehead atoms. The molecule has 0 aromatic rings. The van der Waals surface area contributed by atoms with E-state index in [4.69, 9.17) is 4.89 Å². The monoisotopic (exact) mass is 398 g/mol. The van der Waals surface area contributed by atoms with Crippen LogP contribution in [0, 0.1) is 5.92 Å². The van der Waals surface area contributed by atoms with Gasteiger partial charge in [0.15, 0.2) is 0 Å². The van der Waals surface area contributed by atoms with E-state index in [-0.39, 0.29) is 5.92 Å². The summed E-state index contributed by atoms with van der Waals surface area (Å²) >= 11 is 0. The molecule has 1 atom stereocenters. The zero-order valence-electron chi connectivity index (χ0n) is 18.9. The van der Waals surface area contributed by atoms with Crippen LogP contribution in [-0.2, 0) is 19.4 Å². The first-order chi connectivity index (χ1) is 13.7. The minimum atomic E-state index is -0.429. The molecule has 0 aromatic carbocycles. The van der Waals surface area contributed by atoms with Crippen molar-refractivity contribution in [3.63, 3.8) is 0 Å². The second-order valence-electron chi connectivity index (χ2n) is 8.10. The van der Waals surface area contributed by atoms with Gasteiger partial charge in [0.2, 0.25) is 0 Å². The lowest BCUT2D eigenvalue weighted by atomic mass is 10.00. The molecule has 4 nitrogen and oxygen atoms in total. The van der Waals surface area contributed by atoms with Crippen molar-refractivity contribution in [2.24, 2.45) is 5.92 Å². The lowest BCUT2D eigenvalue weighted by Gasteiger charge is -2.11. The van der Waals surface area contributed by atoms with E-state index in [1.807, 2.05) is 6.92 Å². The van der Waals surface area contributed by atoms with Crippen molar-refractivity contribution in [3.8, 4) is 0 Å². The van der Waals surface area contributed by atoms with E-state index in [1.165, 1.54) is 70.6 Å². The van der Waals surface area contributed by atoms with E-state index in [0.717, 1.165) is 38.5 Å². The first kappa shape index (κ1) is 26.9. The van der Waals surface area contributed by atoms with Crippen molar-refractivity contribution < 1.29 is 19.4 Å². The molecule has 1 unspecified atom stereocenters. The van der Waals surface area contributed by atoms with Gasteiger partial charge < -0.3 is 0 Å². The van der Waals surface area contributed by atoms with E-state index in [9.17, 15) is 9.59 Å². The van der Waals surface area contributed by atoms with Crippen molar-refractivity contribution in [3.05, 3.63) is 0 Å². The summed E-state index contributed by atoms with van der Waals surface area (Å²) < 4.78 is 0. The fourth-order valence-electron chi connectivity index (χ4n) is 3.42. The normalized spacial score (nSPS) is 12.0. The highest BCUT2D eigenvalue weighted by molar-refractivity contribution is 5.74. The molecule has 0 saturated carbocycles. The molecule has 0 aliphatic rings. The Bertz CT molecular complexity index is 368. The fourth-order valence-corrected chi connectivity index (χ4v) is 3.42. The van der Waals surface area contributed by atoms with Gasteiger partial charge in [-0.25, -0.2) is 19.4 Å². The zero-order valence-corrected chi connectivity index (χ0v) is 18.9. The number of unbranched alkanes of at least 4 members (excludes halogenated alkanes) is 13. The number of carbonyl (C=O) groups is 2. The van der Waals surface area contributed by atoms with Crippen LogP contribution < -0.4 is 0 Å². The zero-order chi connectivity index (χ0) is 20.9. The van der Waals surface area contributed by atoms with Gasteiger partial charge in [-0.1, -0.05) is 111 Å². The standard InChI is InChI=1S/C24H46O4/c1-4-7-9-10-11-12-13-14-15-16-17-18-19-21-23(25)27-28-24(26)22(6-3)20-8-5-2/h22H,4-21H2,1-3H3. The third kappa shape index (κ3) is 17.1. The average Bonchev–Trinajstić information content (AvgIpc) is 2.70. The molecule has 28 heavy (non-hydrogen) atoms. The molecule has 0 amide bonds. The van der Waals surface area contributed by atoms with Gasteiger partial charge in [0.05, 0.1) is 12.3 Å². The Morgan fingerprint density at radius 1 is 0.607 bits per heavy atom. The third-order valence-electron chi connectivity index (χ3n) is 5.43. The van der Waals surface area contributed by atoms with Gasteiger partial charge in [-0.3, -0.25) is 0 Å². The Balaban J connectivity index is 3.44. The van der Waals surface area contributed by atoms with Crippen LogP contribution in [0.15, 0.2) is 0 Å². The molecule has 0 saturated heterocycles. The van der Waals surface area contributed by atoms with Gasteiger partial charge in [0, 0.05) is 0 Å². The lowest BCUT2D eigenvalue weighted by molar-refractivity contribution is -0.262. The summed E-state index contributed by atoms with van der Waals surface area (Å²) in [5, 5.41) is 0. The van der Waals surface area contributed by atoms with Crippen molar-refractivity contribution >= 4 is 11.9 Å². The summed E-state index contributed by atoms with van der Waals surface area (Å²) in [6, 6.07) is 0. The van der Waals surface area contributed by atoms with E-state index in [2.05, 4.69) is 18.7 Å². The Morgan fingerprint density at radius 3 is 1.54 bits per heavy atom.